The second kappa shape index (κ2) is 5.18. The van der Waals surface area contributed by atoms with Crippen LogP contribution in [-0.4, -0.2) is 22.6 Å². The molecule has 1 heterocycles. The van der Waals surface area contributed by atoms with Gasteiger partial charge in [0.15, 0.2) is 5.84 Å². The molecule has 0 radical (unpaired) electrons. The number of amidine groups is 1. The molecule has 0 aliphatic carbocycles. The highest BCUT2D eigenvalue weighted by atomic mass is 16.4. The van der Waals surface area contributed by atoms with Gasteiger partial charge >= 0.3 is 0 Å². The highest BCUT2D eigenvalue weighted by Crippen LogP contribution is 2.06. The van der Waals surface area contributed by atoms with Crippen molar-refractivity contribution in [1.82, 2.24) is 10.3 Å². The first-order valence-corrected chi connectivity index (χ1v) is 4.34. The molecule has 0 saturated heterocycles. The van der Waals surface area contributed by atoms with Crippen LogP contribution in [-0.2, 0) is 0 Å². The lowest BCUT2D eigenvalue weighted by Crippen LogP contribution is -2.31. The van der Waals surface area contributed by atoms with Gasteiger partial charge in [0.2, 0.25) is 0 Å². The van der Waals surface area contributed by atoms with Crippen molar-refractivity contribution >= 4 is 5.84 Å². The average Bonchev–Trinajstić information content (AvgIpc) is 2.26. The molecule has 1 aromatic heterocycles. The van der Waals surface area contributed by atoms with E-state index in [4.69, 9.17) is 10.9 Å². The Morgan fingerprint density at radius 1 is 1.71 bits per heavy atom. The third kappa shape index (κ3) is 3.02. The fourth-order valence-corrected chi connectivity index (χ4v) is 1.03. The van der Waals surface area contributed by atoms with Gasteiger partial charge in [0.05, 0.1) is 12.2 Å². The number of nitrogens with zero attached hydrogens (tertiary/aromatic N) is 2. The van der Waals surface area contributed by atoms with Gasteiger partial charge in [-0.1, -0.05) is 11.2 Å². The highest BCUT2D eigenvalue weighted by Gasteiger charge is 2.05. The first kappa shape index (κ1) is 10.5. The zero-order valence-corrected chi connectivity index (χ0v) is 8.01. The number of nitrogens with two attached hydrogens (primary N) is 1. The second-order valence-corrected chi connectivity index (χ2v) is 2.95. The number of nitrogens with one attached hydrogen (secondary N) is 1. The summed E-state index contributed by atoms with van der Waals surface area (Å²) in [5, 5.41) is 14.3. The van der Waals surface area contributed by atoms with E-state index in [0.717, 1.165) is 5.69 Å². The SMILES string of the molecule is C[C@H](NC/C(N)=N/O)c1ccccn1. The maximum atomic E-state index is 8.33. The summed E-state index contributed by atoms with van der Waals surface area (Å²) in [4.78, 5) is 4.18. The normalized spacial score (nSPS) is 13.9. The van der Waals surface area contributed by atoms with E-state index in [2.05, 4.69) is 15.5 Å². The van der Waals surface area contributed by atoms with Crippen LogP contribution in [0.2, 0.25) is 0 Å². The molecule has 1 aromatic rings. The molecule has 0 fully saturated rings. The van der Waals surface area contributed by atoms with Crippen LogP contribution in [0, 0.1) is 0 Å². The fraction of sp³-hybridized carbons (Fsp3) is 0.333. The summed E-state index contributed by atoms with van der Waals surface area (Å²) in [6, 6.07) is 5.78. The largest absolute Gasteiger partial charge is 0.409 e. The van der Waals surface area contributed by atoms with Crippen LogP contribution in [0.15, 0.2) is 29.6 Å². The van der Waals surface area contributed by atoms with Gasteiger partial charge in [-0.15, -0.1) is 0 Å². The first-order chi connectivity index (χ1) is 6.74. The Bertz CT molecular complexity index is 299. The summed E-state index contributed by atoms with van der Waals surface area (Å²) in [6.07, 6.45) is 1.73. The van der Waals surface area contributed by atoms with Gasteiger partial charge in [-0.2, -0.15) is 0 Å². The molecule has 76 valence electrons. The number of rotatable bonds is 4. The number of pyridine rings is 1. The Labute approximate surface area is 82.6 Å². The second-order valence-electron chi connectivity index (χ2n) is 2.95. The molecule has 0 unspecified atom stereocenters. The number of aromatic nitrogens is 1. The van der Waals surface area contributed by atoms with Gasteiger partial charge in [0, 0.05) is 12.2 Å². The molecule has 1 rings (SSSR count). The van der Waals surface area contributed by atoms with E-state index in [1.807, 2.05) is 25.1 Å². The van der Waals surface area contributed by atoms with E-state index in [0.29, 0.717) is 6.54 Å². The van der Waals surface area contributed by atoms with Crippen molar-refractivity contribution in [1.29, 1.82) is 0 Å². The number of oxime groups is 1. The standard InChI is InChI=1S/C9H14N4O/c1-7(12-6-9(10)13-14)8-4-2-3-5-11-8/h2-5,7,12,14H,6H2,1H3,(H2,10,13)/t7-/m0/s1. The van der Waals surface area contributed by atoms with Gasteiger partial charge in [0.25, 0.3) is 0 Å². The van der Waals surface area contributed by atoms with Crippen LogP contribution in [0.1, 0.15) is 18.7 Å². The highest BCUT2D eigenvalue weighted by molar-refractivity contribution is 5.81. The van der Waals surface area contributed by atoms with Crippen LogP contribution in [0.25, 0.3) is 0 Å². The molecule has 5 heteroatoms. The minimum absolute atomic E-state index is 0.0801. The maximum Gasteiger partial charge on any atom is 0.153 e. The summed E-state index contributed by atoms with van der Waals surface area (Å²) in [6.45, 7) is 2.31. The van der Waals surface area contributed by atoms with E-state index in [9.17, 15) is 0 Å². The van der Waals surface area contributed by atoms with Crippen LogP contribution in [0.3, 0.4) is 0 Å². The Morgan fingerprint density at radius 2 is 2.50 bits per heavy atom. The Kier molecular flexibility index (Phi) is 3.87. The Morgan fingerprint density at radius 3 is 3.07 bits per heavy atom. The maximum absolute atomic E-state index is 8.33. The van der Waals surface area contributed by atoms with Crippen LogP contribution in [0.4, 0.5) is 0 Å². The van der Waals surface area contributed by atoms with E-state index >= 15 is 0 Å². The van der Waals surface area contributed by atoms with Crippen LogP contribution < -0.4 is 11.1 Å². The van der Waals surface area contributed by atoms with E-state index in [-0.39, 0.29) is 11.9 Å². The third-order valence-electron chi connectivity index (χ3n) is 1.85. The minimum atomic E-state index is 0.0801. The van der Waals surface area contributed by atoms with Gasteiger partial charge in [-0.25, -0.2) is 0 Å². The summed E-state index contributed by atoms with van der Waals surface area (Å²) in [5.74, 6) is 0.160. The van der Waals surface area contributed by atoms with Gasteiger partial charge in [0.1, 0.15) is 0 Å². The van der Waals surface area contributed by atoms with E-state index < -0.39 is 0 Å². The molecule has 0 aliphatic heterocycles. The van der Waals surface area contributed by atoms with Crippen LogP contribution >= 0.6 is 0 Å². The quantitative estimate of drug-likeness (QED) is 0.282. The lowest BCUT2D eigenvalue weighted by molar-refractivity contribution is 0.316. The molecule has 5 nitrogen and oxygen atoms in total. The topological polar surface area (TPSA) is 83.5 Å². The molecule has 14 heavy (non-hydrogen) atoms. The van der Waals surface area contributed by atoms with Crippen molar-refractivity contribution in [3.63, 3.8) is 0 Å². The van der Waals surface area contributed by atoms with Gasteiger partial charge < -0.3 is 16.3 Å². The van der Waals surface area contributed by atoms with Crippen molar-refractivity contribution in [2.75, 3.05) is 6.54 Å². The van der Waals surface area contributed by atoms with Crippen molar-refractivity contribution < 1.29 is 5.21 Å². The van der Waals surface area contributed by atoms with Crippen molar-refractivity contribution in [3.8, 4) is 0 Å². The predicted octanol–water partition coefficient (Wildman–Crippen LogP) is 0.479. The third-order valence-corrected chi connectivity index (χ3v) is 1.85. The summed E-state index contributed by atoms with van der Waals surface area (Å²) in [7, 11) is 0. The van der Waals surface area contributed by atoms with Crippen molar-refractivity contribution in [2.24, 2.45) is 10.9 Å². The molecular formula is C9H14N4O. The molecule has 1 atom stereocenters. The summed E-state index contributed by atoms with van der Waals surface area (Å²) in [5.41, 5.74) is 6.25. The van der Waals surface area contributed by atoms with E-state index in [1.165, 1.54) is 0 Å². The first-order valence-electron chi connectivity index (χ1n) is 4.34. The molecule has 0 aliphatic rings. The van der Waals surface area contributed by atoms with Crippen molar-refractivity contribution in [2.45, 2.75) is 13.0 Å². The Balaban J connectivity index is 2.47. The summed E-state index contributed by atoms with van der Waals surface area (Å²) < 4.78 is 0. The molecule has 0 saturated carbocycles. The smallest absolute Gasteiger partial charge is 0.153 e. The molecule has 4 N–H and O–H groups in total. The lowest BCUT2D eigenvalue weighted by atomic mass is 10.2. The minimum Gasteiger partial charge on any atom is -0.409 e. The zero-order valence-electron chi connectivity index (χ0n) is 8.01. The van der Waals surface area contributed by atoms with Crippen molar-refractivity contribution in [3.05, 3.63) is 30.1 Å². The lowest BCUT2D eigenvalue weighted by Gasteiger charge is -2.11. The molecule has 0 spiro atoms. The van der Waals surface area contributed by atoms with E-state index in [1.54, 1.807) is 6.20 Å². The van der Waals surface area contributed by atoms with Gasteiger partial charge in [-0.05, 0) is 19.1 Å². The monoisotopic (exact) mass is 194 g/mol. The molecule has 0 amide bonds. The molecule has 0 aromatic carbocycles. The fourth-order valence-electron chi connectivity index (χ4n) is 1.03. The van der Waals surface area contributed by atoms with Crippen LogP contribution in [0.5, 0.6) is 0 Å². The average molecular weight is 194 g/mol. The molecule has 0 bridgehead atoms. The number of hydrogen-bond donors (Lipinski definition) is 3. The zero-order chi connectivity index (χ0) is 10.4. The predicted molar refractivity (Wildman–Crippen MR) is 54.1 cm³/mol. The molecular weight excluding hydrogens is 180 g/mol. The summed E-state index contributed by atoms with van der Waals surface area (Å²) >= 11 is 0. The number of hydrogen-bond acceptors (Lipinski definition) is 4. The van der Waals surface area contributed by atoms with Gasteiger partial charge in [-0.3, -0.25) is 4.98 Å². The Hall–Kier alpha value is -1.62.